The number of thiazole rings is 1. The highest BCUT2D eigenvalue weighted by Crippen LogP contribution is 2.38. The van der Waals surface area contributed by atoms with Gasteiger partial charge in [0.2, 0.25) is 5.75 Å². The Kier molecular flexibility index (Phi) is 6.79. The highest BCUT2D eigenvalue weighted by atomic mass is 32.1. The zero-order valence-corrected chi connectivity index (χ0v) is 21.2. The number of carbonyl (C=O) groups is 1. The van der Waals surface area contributed by atoms with E-state index < -0.39 is 6.04 Å². The van der Waals surface area contributed by atoms with E-state index in [1.807, 2.05) is 24.3 Å². The second-order valence-electron chi connectivity index (χ2n) is 7.84. The Morgan fingerprint density at radius 3 is 2.20 bits per heavy atom. The average Bonchev–Trinajstić information content (AvgIpc) is 3.16. The van der Waals surface area contributed by atoms with E-state index in [2.05, 4.69) is 4.99 Å². The molecule has 2 heterocycles. The van der Waals surface area contributed by atoms with Crippen molar-refractivity contribution in [3.05, 3.63) is 78.5 Å². The van der Waals surface area contributed by atoms with Crippen molar-refractivity contribution in [1.82, 2.24) is 4.57 Å². The number of aromatic nitrogens is 1. The summed E-state index contributed by atoms with van der Waals surface area (Å²) in [6.45, 7) is 3.28. The molecule has 1 atom stereocenters. The number of methoxy groups -OCH3 is 4. The molecule has 4 rings (SSSR count). The third-order valence-electron chi connectivity index (χ3n) is 5.82. The van der Waals surface area contributed by atoms with Crippen LogP contribution in [0.15, 0.2) is 57.5 Å². The largest absolute Gasteiger partial charge is 0.496 e. The van der Waals surface area contributed by atoms with Crippen LogP contribution in [-0.2, 0) is 4.79 Å². The van der Waals surface area contributed by atoms with Gasteiger partial charge >= 0.3 is 0 Å². The Morgan fingerprint density at radius 1 is 1.00 bits per heavy atom. The number of ketones is 1. The number of benzene rings is 2. The molecule has 0 saturated carbocycles. The van der Waals surface area contributed by atoms with Crippen molar-refractivity contribution in [3.63, 3.8) is 0 Å². The highest BCUT2D eigenvalue weighted by molar-refractivity contribution is 7.07. The third-order valence-corrected chi connectivity index (χ3v) is 6.80. The quantitative estimate of drug-likeness (QED) is 0.502. The van der Waals surface area contributed by atoms with Crippen LogP contribution in [0, 0.1) is 0 Å². The number of para-hydroxylation sites is 1. The Bertz CT molecular complexity index is 1490. The van der Waals surface area contributed by atoms with Gasteiger partial charge in [0.25, 0.3) is 5.56 Å². The molecule has 0 saturated heterocycles. The van der Waals surface area contributed by atoms with Crippen LogP contribution in [0.3, 0.4) is 0 Å². The molecule has 1 aliphatic heterocycles. The van der Waals surface area contributed by atoms with Crippen LogP contribution < -0.4 is 33.8 Å². The lowest BCUT2D eigenvalue weighted by Gasteiger charge is -2.25. The van der Waals surface area contributed by atoms with Gasteiger partial charge in [-0.3, -0.25) is 14.2 Å². The smallest absolute Gasteiger partial charge is 0.271 e. The standard InChI is InChI=1S/C26H26N2O6S/c1-14-22(15(2)29)23(17-9-7-8-10-18(17)31-3)28-25(30)21(35-26(28)27-14)13-16-11-19(32-4)24(34-6)20(12-16)33-5/h7-13,23H,1-6H3/b21-13-/t23-/m0/s1. The number of rotatable bonds is 7. The fourth-order valence-corrected chi connectivity index (χ4v) is 5.34. The predicted octanol–water partition coefficient (Wildman–Crippen LogP) is 2.86. The van der Waals surface area contributed by atoms with Gasteiger partial charge in [-0.15, -0.1) is 0 Å². The van der Waals surface area contributed by atoms with Gasteiger partial charge in [-0.05, 0) is 43.7 Å². The summed E-state index contributed by atoms with van der Waals surface area (Å²) in [6.07, 6.45) is 1.75. The van der Waals surface area contributed by atoms with Crippen LogP contribution in [-0.4, -0.2) is 38.8 Å². The summed E-state index contributed by atoms with van der Waals surface area (Å²) in [6, 6.07) is 10.3. The lowest BCUT2D eigenvalue weighted by Crippen LogP contribution is -2.39. The molecule has 0 spiro atoms. The van der Waals surface area contributed by atoms with Crippen molar-refractivity contribution < 1.29 is 23.7 Å². The molecular weight excluding hydrogens is 468 g/mol. The molecule has 9 heteroatoms. The average molecular weight is 495 g/mol. The first-order valence-electron chi connectivity index (χ1n) is 10.8. The molecule has 0 aliphatic carbocycles. The second-order valence-corrected chi connectivity index (χ2v) is 8.85. The minimum absolute atomic E-state index is 0.152. The SMILES string of the molecule is COc1ccccc1[C@H]1C(C(C)=O)=C(C)N=c2s/c(=C\c3cc(OC)c(OC)c(OC)c3)c(=O)n21. The number of nitrogens with zero attached hydrogens (tertiary/aromatic N) is 2. The number of carbonyl (C=O) groups excluding carboxylic acids is 1. The first-order valence-corrected chi connectivity index (χ1v) is 11.6. The van der Waals surface area contributed by atoms with Crippen molar-refractivity contribution in [2.45, 2.75) is 19.9 Å². The molecule has 35 heavy (non-hydrogen) atoms. The lowest BCUT2D eigenvalue weighted by molar-refractivity contribution is -0.114. The zero-order valence-electron chi connectivity index (χ0n) is 20.4. The van der Waals surface area contributed by atoms with Crippen LogP contribution >= 0.6 is 11.3 Å². The second kappa shape index (κ2) is 9.79. The number of hydrogen-bond acceptors (Lipinski definition) is 8. The molecule has 0 fully saturated rings. The third kappa shape index (κ3) is 4.23. The van der Waals surface area contributed by atoms with Gasteiger partial charge in [0.05, 0.1) is 39.0 Å². The topological polar surface area (TPSA) is 88.4 Å². The van der Waals surface area contributed by atoms with Gasteiger partial charge in [-0.25, -0.2) is 4.99 Å². The summed E-state index contributed by atoms with van der Waals surface area (Å²) in [4.78, 5) is 31.5. The molecule has 8 nitrogen and oxygen atoms in total. The van der Waals surface area contributed by atoms with Gasteiger partial charge in [0, 0.05) is 16.8 Å². The molecular formula is C26H26N2O6S. The maximum Gasteiger partial charge on any atom is 0.271 e. The number of fused-ring (bicyclic) bond motifs is 1. The van der Waals surface area contributed by atoms with Crippen LogP contribution in [0.5, 0.6) is 23.0 Å². The molecule has 0 unspecified atom stereocenters. The van der Waals surface area contributed by atoms with E-state index in [0.717, 1.165) is 5.56 Å². The fraction of sp³-hybridized carbons (Fsp3) is 0.269. The molecule has 1 aliphatic rings. The minimum Gasteiger partial charge on any atom is -0.496 e. The van der Waals surface area contributed by atoms with E-state index in [1.165, 1.54) is 39.6 Å². The Labute approximate surface area is 206 Å². The van der Waals surface area contributed by atoms with Crippen molar-refractivity contribution >= 4 is 23.2 Å². The lowest BCUT2D eigenvalue weighted by atomic mass is 9.93. The fourth-order valence-electron chi connectivity index (χ4n) is 4.29. The Balaban J connectivity index is 1.99. The molecule has 0 bridgehead atoms. The first-order chi connectivity index (χ1) is 16.8. The molecule has 1 aromatic heterocycles. The highest BCUT2D eigenvalue weighted by Gasteiger charge is 2.32. The van der Waals surface area contributed by atoms with E-state index in [0.29, 0.717) is 49.2 Å². The number of Topliss-reactive ketones (excluding diaryl/α,β-unsaturated/α-hetero) is 1. The molecule has 0 radical (unpaired) electrons. The molecule has 182 valence electrons. The maximum atomic E-state index is 13.7. The van der Waals surface area contributed by atoms with Crippen molar-refractivity contribution in [2.24, 2.45) is 4.99 Å². The molecule has 2 aromatic carbocycles. The van der Waals surface area contributed by atoms with Gasteiger partial charge in [0.1, 0.15) is 5.75 Å². The van der Waals surface area contributed by atoms with E-state index in [1.54, 1.807) is 36.8 Å². The summed E-state index contributed by atoms with van der Waals surface area (Å²) in [5, 5.41) is 0. The summed E-state index contributed by atoms with van der Waals surface area (Å²) in [5.41, 5.74) is 2.19. The van der Waals surface area contributed by atoms with E-state index in [9.17, 15) is 9.59 Å². The zero-order chi connectivity index (χ0) is 25.3. The number of allylic oxidation sites excluding steroid dienone is 2. The summed E-state index contributed by atoms with van der Waals surface area (Å²) in [5.74, 6) is 1.86. The van der Waals surface area contributed by atoms with Crippen LogP contribution in [0.4, 0.5) is 0 Å². The Hall–Kier alpha value is -3.85. The van der Waals surface area contributed by atoms with Gasteiger partial charge < -0.3 is 18.9 Å². The van der Waals surface area contributed by atoms with Crippen molar-refractivity contribution in [1.29, 1.82) is 0 Å². The van der Waals surface area contributed by atoms with Crippen LogP contribution in [0.1, 0.15) is 31.0 Å². The summed E-state index contributed by atoms with van der Waals surface area (Å²) >= 11 is 1.25. The summed E-state index contributed by atoms with van der Waals surface area (Å²) in [7, 11) is 6.17. The van der Waals surface area contributed by atoms with Crippen molar-refractivity contribution in [3.8, 4) is 23.0 Å². The normalized spacial score (nSPS) is 15.4. The predicted molar refractivity (Wildman–Crippen MR) is 134 cm³/mol. The van der Waals surface area contributed by atoms with Gasteiger partial charge in [-0.1, -0.05) is 29.5 Å². The maximum absolute atomic E-state index is 13.7. The van der Waals surface area contributed by atoms with E-state index >= 15 is 0 Å². The van der Waals surface area contributed by atoms with Crippen LogP contribution in [0.2, 0.25) is 0 Å². The van der Waals surface area contributed by atoms with Gasteiger partial charge in [0.15, 0.2) is 22.1 Å². The minimum atomic E-state index is -0.651. The first kappa shape index (κ1) is 24.3. The molecule has 0 N–H and O–H groups in total. The van der Waals surface area contributed by atoms with E-state index in [4.69, 9.17) is 18.9 Å². The molecule has 3 aromatic rings. The van der Waals surface area contributed by atoms with Gasteiger partial charge in [-0.2, -0.15) is 0 Å². The summed E-state index contributed by atoms with van der Waals surface area (Å²) < 4.78 is 23.9. The molecule has 0 amide bonds. The van der Waals surface area contributed by atoms with E-state index in [-0.39, 0.29) is 11.3 Å². The monoisotopic (exact) mass is 494 g/mol. The number of ether oxygens (including phenoxy) is 4. The Morgan fingerprint density at radius 2 is 1.63 bits per heavy atom. The van der Waals surface area contributed by atoms with Crippen molar-refractivity contribution in [2.75, 3.05) is 28.4 Å². The van der Waals surface area contributed by atoms with Crippen LogP contribution in [0.25, 0.3) is 6.08 Å². The number of hydrogen-bond donors (Lipinski definition) is 0.